The molecule has 1 amide bonds. The number of halogens is 4. The number of pyridine rings is 1. The number of carbonyl (C=O) groups is 1. The third-order valence-electron chi connectivity index (χ3n) is 4.69. The quantitative estimate of drug-likeness (QED) is 0.593. The predicted molar refractivity (Wildman–Crippen MR) is 102 cm³/mol. The number of alkyl halides is 3. The van der Waals surface area contributed by atoms with Crippen LogP contribution in [0.1, 0.15) is 34.4 Å². The van der Waals surface area contributed by atoms with E-state index in [-0.39, 0.29) is 28.6 Å². The smallest absolute Gasteiger partial charge is 0.363 e. The molecule has 1 aliphatic heterocycles. The Labute approximate surface area is 168 Å². The van der Waals surface area contributed by atoms with Crippen LogP contribution < -0.4 is 10.6 Å². The van der Waals surface area contributed by atoms with E-state index in [1.54, 1.807) is 42.5 Å². The number of anilines is 2. The number of benzene rings is 1. The van der Waals surface area contributed by atoms with Crippen molar-refractivity contribution in [2.75, 3.05) is 10.6 Å². The number of carbonyl (C=O) groups excluding carboxylic acids is 1. The van der Waals surface area contributed by atoms with Gasteiger partial charge < -0.3 is 10.6 Å². The average Bonchev–Trinajstić information content (AvgIpc) is 3.13. The fourth-order valence-corrected chi connectivity index (χ4v) is 3.47. The number of fused-ring (bicyclic) bond motifs is 1. The summed E-state index contributed by atoms with van der Waals surface area (Å²) in [6.45, 7) is 0. The van der Waals surface area contributed by atoms with Crippen LogP contribution in [0.15, 0.2) is 54.9 Å². The molecule has 10 heteroatoms. The minimum absolute atomic E-state index is 0.00457. The highest BCUT2D eigenvalue weighted by Crippen LogP contribution is 2.44. The van der Waals surface area contributed by atoms with Gasteiger partial charge in [-0.05, 0) is 17.7 Å². The zero-order valence-electron chi connectivity index (χ0n) is 14.8. The van der Waals surface area contributed by atoms with Crippen LogP contribution in [0.2, 0.25) is 5.15 Å². The molecule has 29 heavy (non-hydrogen) atoms. The molecule has 4 rings (SSSR count). The van der Waals surface area contributed by atoms with Gasteiger partial charge in [0.25, 0.3) is 5.91 Å². The maximum absolute atomic E-state index is 13.7. The summed E-state index contributed by atoms with van der Waals surface area (Å²) in [5.74, 6) is -0.631. The largest absolute Gasteiger partial charge is 0.410 e. The molecule has 0 unspecified atom stereocenters. The number of hydrogen-bond donors (Lipinski definition) is 2. The molecule has 6 nitrogen and oxygen atoms in total. The van der Waals surface area contributed by atoms with Crippen LogP contribution in [-0.2, 0) is 0 Å². The van der Waals surface area contributed by atoms with Crippen molar-refractivity contribution in [1.82, 2.24) is 14.8 Å². The molecular formula is C19H15ClF3N5O. The lowest BCUT2D eigenvalue weighted by atomic mass is 9.96. The van der Waals surface area contributed by atoms with Gasteiger partial charge in [0.15, 0.2) is 11.2 Å². The molecule has 0 bridgehead atoms. The summed E-state index contributed by atoms with van der Waals surface area (Å²) in [6.07, 6.45) is -2.18. The number of hydrogen-bond acceptors (Lipinski definition) is 4. The third-order valence-corrected chi connectivity index (χ3v) is 4.99. The third kappa shape index (κ3) is 3.77. The summed E-state index contributed by atoms with van der Waals surface area (Å²) in [5.41, 5.74) is 0.928. The minimum Gasteiger partial charge on any atom is -0.363 e. The van der Waals surface area contributed by atoms with E-state index in [0.29, 0.717) is 5.56 Å². The molecule has 2 atom stereocenters. The van der Waals surface area contributed by atoms with Crippen LogP contribution in [0.4, 0.5) is 24.7 Å². The second-order valence-corrected chi connectivity index (χ2v) is 6.91. The Balaban J connectivity index is 1.70. The van der Waals surface area contributed by atoms with Gasteiger partial charge in [0.05, 0.1) is 17.9 Å². The van der Waals surface area contributed by atoms with Crippen molar-refractivity contribution in [3.05, 3.63) is 71.1 Å². The van der Waals surface area contributed by atoms with Gasteiger partial charge >= 0.3 is 6.18 Å². The van der Waals surface area contributed by atoms with Crippen LogP contribution >= 0.6 is 11.6 Å². The van der Waals surface area contributed by atoms with Gasteiger partial charge in [-0.2, -0.15) is 18.3 Å². The fourth-order valence-electron chi connectivity index (χ4n) is 3.30. The van der Waals surface area contributed by atoms with E-state index in [1.165, 1.54) is 6.20 Å². The molecule has 0 aliphatic carbocycles. The first-order valence-corrected chi connectivity index (χ1v) is 9.10. The molecule has 150 valence electrons. The van der Waals surface area contributed by atoms with Crippen molar-refractivity contribution >= 4 is 29.0 Å². The summed E-state index contributed by atoms with van der Waals surface area (Å²) >= 11 is 5.95. The number of aromatic nitrogens is 3. The molecule has 3 heterocycles. The first-order chi connectivity index (χ1) is 13.8. The molecule has 2 aromatic heterocycles. The van der Waals surface area contributed by atoms with Gasteiger partial charge in [0.1, 0.15) is 11.4 Å². The Morgan fingerprint density at radius 3 is 2.66 bits per heavy atom. The highest BCUT2D eigenvalue weighted by atomic mass is 35.5. The lowest BCUT2D eigenvalue weighted by Gasteiger charge is -2.34. The molecule has 0 saturated carbocycles. The zero-order chi connectivity index (χ0) is 20.6. The molecular weight excluding hydrogens is 407 g/mol. The molecule has 0 fully saturated rings. The van der Waals surface area contributed by atoms with Crippen LogP contribution in [0.3, 0.4) is 0 Å². The summed E-state index contributed by atoms with van der Waals surface area (Å²) in [4.78, 5) is 16.6. The van der Waals surface area contributed by atoms with Gasteiger partial charge in [0, 0.05) is 12.6 Å². The Morgan fingerprint density at radius 2 is 1.97 bits per heavy atom. The topological polar surface area (TPSA) is 71.8 Å². The van der Waals surface area contributed by atoms with Crippen LogP contribution in [-0.4, -0.2) is 26.8 Å². The molecule has 2 N–H and O–H groups in total. The summed E-state index contributed by atoms with van der Waals surface area (Å²) in [7, 11) is 0. The van der Waals surface area contributed by atoms with Crippen molar-refractivity contribution in [1.29, 1.82) is 0 Å². The molecule has 1 aromatic carbocycles. The molecule has 0 radical (unpaired) electrons. The Hall–Kier alpha value is -3.07. The molecule has 1 aliphatic rings. The van der Waals surface area contributed by atoms with E-state index < -0.39 is 24.2 Å². The van der Waals surface area contributed by atoms with Crippen molar-refractivity contribution in [3.8, 4) is 0 Å². The minimum atomic E-state index is -4.52. The summed E-state index contributed by atoms with van der Waals surface area (Å²) < 4.78 is 41.9. The second-order valence-electron chi connectivity index (χ2n) is 6.55. The van der Waals surface area contributed by atoms with Gasteiger partial charge in [-0.15, -0.1) is 0 Å². The van der Waals surface area contributed by atoms with Crippen LogP contribution in [0, 0.1) is 0 Å². The SMILES string of the molecule is O=C(Nc1cccnc1Cl)c1cnn2c1N[C@@H](c1ccccc1)C[C@@H]2C(F)(F)F. The monoisotopic (exact) mass is 421 g/mol. The highest BCUT2D eigenvalue weighted by Gasteiger charge is 2.47. The van der Waals surface area contributed by atoms with Gasteiger partial charge in [-0.3, -0.25) is 4.79 Å². The van der Waals surface area contributed by atoms with Gasteiger partial charge in [0.2, 0.25) is 0 Å². The first-order valence-electron chi connectivity index (χ1n) is 8.72. The number of rotatable bonds is 3. The fraction of sp³-hybridized carbons (Fsp3) is 0.211. The van der Waals surface area contributed by atoms with Crippen LogP contribution in [0.25, 0.3) is 0 Å². The maximum Gasteiger partial charge on any atom is 0.410 e. The average molecular weight is 422 g/mol. The molecule has 3 aromatic rings. The zero-order valence-corrected chi connectivity index (χ0v) is 15.6. The van der Waals surface area contributed by atoms with E-state index in [9.17, 15) is 18.0 Å². The van der Waals surface area contributed by atoms with Gasteiger partial charge in [-0.1, -0.05) is 41.9 Å². The Kier molecular flexibility index (Phi) is 4.91. The van der Waals surface area contributed by atoms with Gasteiger partial charge in [-0.25, -0.2) is 9.67 Å². The highest BCUT2D eigenvalue weighted by molar-refractivity contribution is 6.32. The molecule has 0 spiro atoms. The standard InChI is InChI=1S/C19H15ClF3N5O/c20-16-13(7-4-8-24-16)27-18(29)12-10-25-28-15(19(21,22)23)9-14(26-17(12)28)11-5-2-1-3-6-11/h1-8,10,14-15,26H,9H2,(H,27,29)/t14-,15-/m1/s1. The molecule has 0 saturated heterocycles. The van der Waals surface area contributed by atoms with E-state index in [1.807, 2.05) is 0 Å². The number of nitrogens with zero attached hydrogens (tertiary/aromatic N) is 3. The Bertz CT molecular complexity index is 1040. The lowest BCUT2D eigenvalue weighted by molar-refractivity contribution is -0.173. The Morgan fingerprint density at radius 1 is 1.21 bits per heavy atom. The van der Waals surface area contributed by atoms with E-state index in [4.69, 9.17) is 11.6 Å². The maximum atomic E-state index is 13.7. The lowest BCUT2D eigenvalue weighted by Crippen LogP contribution is -2.36. The van der Waals surface area contributed by atoms with Crippen molar-refractivity contribution in [2.45, 2.75) is 24.7 Å². The predicted octanol–water partition coefficient (Wildman–Crippen LogP) is 4.84. The van der Waals surface area contributed by atoms with E-state index >= 15 is 0 Å². The summed E-state index contributed by atoms with van der Waals surface area (Å²) in [5, 5.41) is 9.52. The number of nitrogens with one attached hydrogen (secondary N) is 2. The van der Waals surface area contributed by atoms with E-state index in [2.05, 4.69) is 20.7 Å². The van der Waals surface area contributed by atoms with E-state index in [0.717, 1.165) is 10.9 Å². The van der Waals surface area contributed by atoms with Crippen LogP contribution in [0.5, 0.6) is 0 Å². The van der Waals surface area contributed by atoms with Crippen molar-refractivity contribution in [2.24, 2.45) is 0 Å². The number of amides is 1. The first kappa shape index (κ1) is 19.3. The second kappa shape index (κ2) is 7.40. The van der Waals surface area contributed by atoms with Crippen molar-refractivity contribution in [3.63, 3.8) is 0 Å². The van der Waals surface area contributed by atoms with Crippen molar-refractivity contribution < 1.29 is 18.0 Å². The normalized spacial score (nSPS) is 18.6. The summed E-state index contributed by atoms with van der Waals surface area (Å²) in [6, 6.07) is 9.42.